The van der Waals surface area contributed by atoms with Gasteiger partial charge in [-0.25, -0.2) is 0 Å². The molecule has 0 saturated carbocycles. The number of carbonyl (C=O) groups excluding carboxylic acids is 1. The first-order valence-corrected chi connectivity index (χ1v) is 7.19. The van der Waals surface area contributed by atoms with Crippen LogP contribution < -0.4 is 10.1 Å². The molecule has 22 heavy (non-hydrogen) atoms. The number of carbonyl (C=O) groups is 1. The summed E-state index contributed by atoms with van der Waals surface area (Å²) in [7, 11) is 3.50. The predicted molar refractivity (Wildman–Crippen MR) is 87.8 cm³/mol. The first-order chi connectivity index (χ1) is 10.2. The van der Waals surface area contributed by atoms with Gasteiger partial charge >= 0.3 is 0 Å². The number of nitrogens with zero attached hydrogens (tertiary/aromatic N) is 1. The van der Waals surface area contributed by atoms with Gasteiger partial charge in [0.15, 0.2) is 0 Å². The Labute approximate surface area is 136 Å². The van der Waals surface area contributed by atoms with Crippen molar-refractivity contribution in [2.24, 2.45) is 0 Å². The maximum absolute atomic E-state index is 12.4. The molecule has 2 heterocycles. The minimum absolute atomic E-state index is 0. The molecule has 5 nitrogen and oxygen atoms in total. The first-order valence-electron chi connectivity index (χ1n) is 7.19. The van der Waals surface area contributed by atoms with Gasteiger partial charge < -0.3 is 19.4 Å². The van der Waals surface area contributed by atoms with E-state index in [0.717, 1.165) is 41.8 Å². The summed E-state index contributed by atoms with van der Waals surface area (Å²) in [6.07, 6.45) is 3.06. The van der Waals surface area contributed by atoms with Crippen molar-refractivity contribution in [2.45, 2.75) is 18.9 Å². The summed E-state index contributed by atoms with van der Waals surface area (Å²) in [6.45, 7) is 1.86. The van der Waals surface area contributed by atoms with E-state index in [2.05, 4.69) is 5.32 Å². The maximum Gasteiger partial charge on any atom is 0.227 e. The van der Waals surface area contributed by atoms with Crippen molar-refractivity contribution in [3.63, 3.8) is 0 Å². The topological polar surface area (TPSA) is 54.7 Å². The number of amides is 1. The van der Waals surface area contributed by atoms with Crippen LogP contribution in [0.1, 0.15) is 12.0 Å². The summed E-state index contributed by atoms with van der Waals surface area (Å²) in [5.74, 6) is 0.881. The van der Waals surface area contributed by atoms with Crippen LogP contribution in [0.15, 0.2) is 28.9 Å². The van der Waals surface area contributed by atoms with Gasteiger partial charge in [-0.3, -0.25) is 4.79 Å². The van der Waals surface area contributed by atoms with E-state index in [-0.39, 0.29) is 18.3 Å². The first kappa shape index (κ1) is 16.6. The Kier molecular flexibility index (Phi) is 5.32. The highest BCUT2D eigenvalue weighted by molar-refractivity contribution is 5.88. The Bertz CT molecular complexity index is 650. The standard InChI is InChI=1S/C16H20N2O3.ClH/c1-18(12-5-6-17-9-12)16(19)7-11-10-21-15-8-13(20-2)3-4-14(11)15;/h3-4,8,10,12,17H,5-7,9H2,1-2H3;1H. The number of rotatable bonds is 4. The highest BCUT2D eigenvalue weighted by atomic mass is 35.5. The number of benzene rings is 1. The summed E-state index contributed by atoms with van der Waals surface area (Å²) in [6, 6.07) is 5.97. The third kappa shape index (κ3) is 3.20. The van der Waals surface area contributed by atoms with Gasteiger partial charge in [0.2, 0.25) is 5.91 Å². The predicted octanol–water partition coefficient (Wildman–Crippen LogP) is 2.23. The van der Waals surface area contributed by atoms with E-state index in [0.29, 0.717) is 12.5 Å². The number of hydrogen-bond acceptors (Lipinski definition) is 4. The normalized spacial score (nSPS) is 17.3. The minimum Gasteiger partial charge on any atom is -0.497 e. The molecule has 1 aromatic heterocycles. The smallest absolute Gasteiger partial charge is 0.227 e. The molecule has 0 radical (unpaired) electrons. The van der Waals surface area contributed by atoms with Crippen LogP contribution >= 0.6 is 12.4 Å². The van der Waals surface area contributed by atoms with Crippen molar-refractivity contribution in [1.29, 1.82) is 0 Å². The van der Waals surface area contributed by atoms with Gasteiger partial charge in [-0.05, 0) is 25.1 Å². The second kappa shape index (κ2) is 7.03. The van der Waals surface area contributed by atoms with Crippen LogP contribution in [0, 0.1) is 0 Å². The summed E-state index contributed by atoms with van der Waals surface area (Å²) in [4.78, 5) is 14.2. The molecular weight excluding hydrogens is 304 g/mol. The molecule has 6 heteroatoms. The van der Waals surface area contributed by atoms with Crippen LogP contribution in [-0.4, -0.2) is 44.1 Å². The fraction of sp³-hybridized carbons (Fsp3) is 0.438. The number of furan rings is 1. The molecule has 1 unspecified atom stereocenters. The minimum atomic E-state index is 0. The van der Waals surface area contributed by atoms with Crippen molar-refractivity contribution >= 4 is 29.3 Å². The van der Waals surface area contributed by atoms with Gasteiger partial charge in [-0.1, -0.05) is 0 Å². The highest BCUT2D eigenvalue weighted by Gasteiger charge is 2.23. The van der Waals surface area contributed by atoms with Crippen LogP contribution in [0.3, 0.4) is 0 Å². The lowest BCUT2D eigenvalue weighted by atomic mass is 10.1. The van der Waals surface area contributed by atoms with E-state index >= 15 is 0 Å². The Balaban J connectivity index is 0.00000176. The molecule has 1 saturated heterocycles. The molecule has 2 aromatic rings. The zero-order valence-corrected chi connectivity index (χ0v) is 13.6. The molecule has 120 valence electrons. The lowest BCUT2D eigenvalue weighted by Gasteiger charge is -2.23. The zero-order valence-electron chi connectivity index (χ0n) is 12.8. The molecule has 1 aliphatic rings. The average molecular weight is 325 g/mol. The number of methoxy groups -OCH3 is 1. The van der Waals surface area contributed by atoms with E-state index < -0.39 is 0 Å². The van der Waals surface area contributed by atoms with E-state index in [9.17, 15) is 4.79 Å². The van der Waals surface area contributed by atoms with Crippen molar-refractivity contribution < 1.29 is 13.9 Å². The Morgan fingerprint density at radius 3 is 3.00 bits per heavy atom. The largest absolute Gasteiger partial charge is 0.497 e. The molecule has 1 amide bonds. The zero-order chi connectivity index (χ0) is 14.8. The summed E-state index contributed by atoms with van der Waals surface area (Å²) >= 11 is 0. The van der Waals surface area contributed by atoms with Gasteiger partial charge in [-0.2, -0.15) is 0 Å². The summed E-state index contributed by atoms with van der Waals surface area (Å²) in [5.41, 5.74) is 1.68. The number of halogens is 1. The average Bonchev–Trinajstić information content (AvgIpc) is 3.16. The highest BCUT2D eigenvalue weighted by Crippen LogP contribution is 2.26. The third-order valence-electron chi connectivity index (χ3n) is 4.18. The molecular formula is C16H21ClN2O3. The number of hydrogen-bond donors (Lipinski definition) is 1. The van der Waals surface area contributed by atoms with Gasteiger partial charge in [0.05, 0.1) is 19.8 Å². The van der Waals surface area contributed by atoms with Crippen LogP contribution in [0.25, 0.3) is 11.0 Å². The molecule has 0 spiro atoms. The monoisotopic (exact) mass is 324 g/mol. The Morgan fingerprint density at radius 1 is 1.50 bits per heavy atom. The summed E-state index contributed by atoms with van der Waals surface area (Å²) < 4.78 is 10.7. The van der Waals surface area contributed by atoms with Crippen LogP contribution in [0.4, 0.5) is 0 Å². The van der Waals surface area contributed by atoms with E-state index in [1.54, 1.807) is 13.4 Å². The SMILES string of the molecule is COc1ccc2c(CC(=O)N(C)C3CCNC3)coc2c1.Cl. The molecule has 1 fully saturated rings. The summed E-state index contributed by atoms with van der Waals surface area (Å²) in [5, 5.41) is 4.26. The van der Waals surface area contributed by atoms with Gasteiger partial charge in [0.1, 0.15) is 11.3 Å². The van der Waals surface area contributed by atoms with Crippen molar-refractivity contribution in [3.8, 4) is 5.75 Å². The fourth-order valence-corrected chi connectivity index (χ4v) is 2.79. The number of fused-ring (bicyclic) bond motifs is 1. The number of ether oxygens (including phenoxy) is 1. The lowest BCUT2D eigenvalue weighted by Crippen LogP contribution is -2.39. The van der Waals surface area contributed by atoms with E-state index in [4.69, 9.17) is 9.15 Å². The third-order valence-corrected chi connectivity index (χ3v) is 4.18. The van der Waals surface area contributed by atoms with E-state index in [1.165, 1.54) is 0 Å². The molecule has 1 atom stereocenters. The van der Waals surface area contributed by atoms with Crippen molar-refractivity contribution in [2.75, 3.05) is 27.2 Å². The van der Waals surface area contributed by atoms with Gasteiger partial charge in [0.25, 0.3) is 0 Å². The molecule has 3 rings (SSSR count). The second-order valence-electron chi connectivity index (χ2n) is 5.45. The number of nitrogens with one attached hydrogen (secondary N) is 1. The van der Waals surface area contributed by atoms with Gasteiger partial charge in [0, 0.05) is 36.7 Å². The van der Waals surface area contributed by atoms with Gasteiger partial charge in [-0.15, -0.1) is 12.4 Å². The Morgan fingerprint density at radius 2 is 2.32 bits per heavy atom. The lowest BCUT2D eigenvalue weighted by molar-refractivity contribution is -0.130. The maximum atomic E-state index is 12.4. The second-order valence-corrected chi connectivity index (χ2v) is 5.45. The molecule has 1 aromatic carbocycles. The number of likely N-dealkylation sites (N-methyl/N-ethyl adjacent to an activating group) is 1. The Hall–Kier alpha value is -1.72. The molecule has 0 bridgehead atoms. The molecule has 1 aliphatic heterocycles. The quantitative estimate of drug-likeness (QED) is 0.937. The van der Waals surface area contributed by atoms with Crippen LogP contribution in [0.2, 0.25) is 0 Å². The van der Waals surface area contributed by atoms with Crippen molar-refractivity contribution in [3.05, 3.63) is 30.0 Å². The van der Waals surface area contributed by atoms with E-state index in [1.807, 2.05) is 30.1 Å². The molecule has 0 aliphatic carbocycles. The van der Waals surface area contributed by atoms with Crippen LogP contribution in [0.5, 0.6) is 5.75 Å². The van der Waals surface area contributed by atoms with Crippen molar-refractivity contribution in [1.82, 2.24) is 10.2 Å². The van der Waals surface area contributed by atoms with Crippen LogP contribution in [-0.2, 0) is 11.2 Å². The molecule has 1 N–H and O–H groups in total. The fourth-order valence-electron chi connectivity index (χ4n) is 2.79.